The van der Waals surface area contributed by atoms with Gasteiger partial charge in [-0.1, -0.05) is 57.9 Å². The van der Waals surface area contributed by atoms with Crippen molar-refractivity contribution in [3.05, 3.63) is 100 Å². The van der Waals surface area contributed by atoms with Gasteiger partial charge in [0.25, 0.3) is 5.91 Å². The summed E-state index contributed by atoms with van der Waals surface area (Å²) in [6, 6.07) is 25.5. The fraction of sp³-hybridized carbons (Fsp3) is 0.138. The lowest BCUT2D eigenvalue weighted by Gasteiger charge is -2.11. The number of H-pyrrole nitrogens is 1. The lowest BCUT2D eigenvalue weighted by Crippen LogP contribution is -2.23. The van der Waals surface area contributed by atoms with Gasteiger partial charge in [-0.05, 0) is 61.9 Å². The summed E-state index contributed by atoms with van der Waals surface area (Å²) in [4.78, 5) is 18.3. The van der Waals surface area contributed by atoms with E-state index in [1.165, 1.54) is 5.56 Å². The second-order valence-corrected chi connectivity index (χ2v) is 9.40. The molecule has 7 heteroatoms. The van der Waals surface area contributed by atoms with Crippen LogP contribution in [0.25, 0.3) is 33.5 Å². The number of nitrogens with zero attached hydrogens (tertiary/aromatic N) is 2. The van der Waals surface area contributed by atoms with Crippen LogP contribution in [0.15, 0.2) is 83.3 Å². The zero-order valence-corrected chi connectivity index (χ0v) is 21.6. The smallest absolute Gasteiger partial charge is 0.252 e. The average molecular weight is 541 g/mol. The third-order valence-corrected chi connectivity index (χ3v) is 6.46. The number of hydrogen-bond donors (Lipinski definition) is 2. The molecule has 0 saturated carbocycles. The summed E-state index contributed by atoms with van der Waals surface area (Å²) in [5.41, 5.74) is 6.43. The number of nitrogens with one attached hydrogen (secondary N) is 2. The van der Waals surface area contributed by atoms with E-state index in [9.17, 15) is 4.79 Å². The Balaban J connectivity index is 1.57. The molecule has 0 aliphatic rings. The second kappa shape index (κ2) is 10.3. The van der Waals surface area contributed by atoms with Gasteiger partial charge >= 0.3 is 0 Å². The van der Waals surface area contributed by atoms with Crippen LogP contribution in [0.5, 0.6) is 5.75 Å². The molecule has 2 aromatic heterocycles. The molecule has 0 atom stereocenters. The number of ether oxygens (including phenoxy) is 1. The van der Waals surface area contributed by atoms with Crippen LogP contribution in [0, 0.1) is 6.92 Å². The van der Waals surface area contributed by atoms with Crippen LogP contribution >= 0.6 is 15.9 Å². The van der Waals surface area contributed by atoms with Crippen LogP contribution in [-0.4, -0.2) is 27.7 Å². The third kappa shape index (κ3) is 5.02. The number of aromatic amines is 1. The van der Waals surface area contributed by atoms with Gasteiger partial charge in [0.1, 0.15) is 5.75 Å². The van der Waals surface area contributed by atoms with E-state index >= 15 is 0 Å². The summed E-state index contributed by atoms with van der Waals surface area (Å²) in [5.74, 6) is 0.602. The fourth-order valence-corrected chi connectivity index (χ4v) is 4.31. The number of benzene rings is 3. The maximum Gasteiger partial charge on any atom is 0.252 e. The average Bonchev–Trinajstić information content (AvgIpc) is 3.33. The lowest BCUT2D eigenvalue weighted by atomic mass is 10.0. The topological polar surface area (TPSA) is 79.9 Å². The minimum absolute atomic E-state index is 0.185. The molecule has 5 aromatic rings. The van der Waals surface area contributed by atoms with E-state index in [0.29, 0.717) is 35.4 Å². The zero-order chi connectivity index (χ0) is 25.1. The monoisotopic (exact) mass is 540 g/mol. The SMILES string of the molecule is CCOc1ccc(-c2cc(C(=O)NCc3ccc(C)cc3)c3c(-c4ccc(Br)cc4)[nH]nc3n2)cc1. The Kier molecular flexibility index (Phi) is 6.82. The van der Waals surface area contributed by atoms with Crippen molar-refractivity contribution < 1.29 is 9.53 Å². The van der Waals surface area contributed by atoms with Gasteiger partial charge in [0.15, 0.2) is 5.65 Å². The summed E-state index contributed by atoms with van der Waals surface area (Å²) in [6.45, 7) is 5.01. The van der Waals surface area contributed by atoms with E-state index in [0.717, 1.165) is 32.6 Å². The maximum atomic E-state index is 13.5. The van der Waals surface area contributed by atoms with Gasteiger partial charge in [-0.3, -0.25) is 9.89 Å². The van der Waals surface area contributed by atoms with Crippen molar-refractivity contribution in [2.45, 2.75) is 20.4 Å². The molecule has 0 radical (unpaired) electrons. The zero-order valence-electron chi connectivity index (χ0n) is 20.0. The van der Waals surface area contributed by atoms with Crippen molar-refractivity contribution in [3.63, 3.8) is 0 Å². The molecule has 0 bridgehead atoms. The Morgan fingerprint density at radius 2 is 1.67 bits per heavy atom. The molecule has 0 unspecified atom stereocenters. The Morgan fingerprint density at radius 3 is 2.36 bits per heavy atom. The Labute approximate surface area is 217 Å². The van der Waals surface area contributed by atoms with Crippen molar-refractivity contribution in [1.29, 1.82) is 0 Å². The van der Waals surface area contributed by atoms with Crippen molar-refractivity contribution in [2.75, 3.05) is 6.61 Å². The van der Waals surface area contributed by atoms with Crippen molar-refractivity contribution >= 4 is 32.9 Å². The van der Waals surface area contributed by atoms with Crippen LogP contribution in [-0.2, 0) is 6.54 Å². The predicted molar refractivity (Wildman–Crippen MR) is 146 cm³/mol. The molecule has 6 nitrogen and oxygen atoms in total. The number of carbonyl (C=O) groups is 1. The quantitative estimate of drug-likeness (QED) is 0.241. The number of carbonyl (C=O) groups excluding carboxylic acids is 1. The molecular weight excluding hydrogens is 516 g/mol. The van der Waals surface area contributed by atoms with Crippen LogP contribution in [0.3, 0.4) is 0 Å². The highest BCUT2D eigenvalue weighted by atomic mass is 79.9. The van der Waals surface area contributed by atoms with Crippen molar-refractivity contribution in [1.82, 2.24) is 20.5 Å². The highest BCUT2D eigenvalue weighted by Crippen LogP contribution is 2.32. The number of rotatable bonds is 7. The van der Waals surface area contributed by atoms with E-state index in [4.69, 9.17) is 9.72 Å². The Hall–Kier alpha value is -3.97. The summed E-state index contributed by atoms with van der Waals surface area (Å²) in [6.07, 6.45) is 0. The minimum atomic E-state index is -0.185. The van der Waals surface area contributed by atoms with E-state index in [-0.39, 0.29) is 5.91 Å². The number of amides is 1. The maximum absolute atomic E-state index is 13.5. The second-order valence-electron chi connectivity index (χ2n) is 8.48. The predicted octanol–water partition coefficient (Wildman–Crippen LogP) is 6.69. The van der Waals surface area contributed by atoms with E-state index in [1.807, 2.05) is 92.7 Å². The largest absolute Gasteiger partial charge is 0.494 e. The van der Waals surface area contributed by atoms with Gasteiger partial charge in [-0.25, -0.2) is 4.98 Å². The molecule has 0 fully saturated rings. The number of aryl methyl sites for hydroxylation is 1. The number of fused-ring (bicyclic) bond motifs is 1. The first-order valence-electron chi connectivity index (χ1n) is 11.7. The summed E-state index contributed by atoms with van der Waals surface area (Å²) in [7, 11) is 0. The lowest BCUT2D eigenvalue weighted by molar-refractivity contribution is 0.0952. The minimum Gasteiger partial charge on any atom is -0.494 e. The molecule has 0 aliphatic heterocycles. The standard InChI is InChI=1S/C29H25BrN4O2/c1-3-36-23-14-10-20(11-15-23)25-16-24(29(35)31-17-19-6-4-18(2)5-7-19)26-27(33-34-28(26)32-25)21-8-12-22(30)13-9-21/h4-16H,3,17H2,1-2H3,(H,31,35)(H,32,33,34). The van der Waals surface area contributed by atoms with Gasteiger partial charge in [-0.2, -0.15) is 5.10 Å². The number of pyridine rings is 1. The van der Waals surface area contributed by atoms with Crippen LogP contribution in [0.2, 0.25) is 0 Å². The molecule has 0 spiro atoms. The third-order valence-electron chi connectivity index (χ3n) is 5.94. The summed E-state index contributed by atoms with van der Waals surface area (Å²) >= 11 is 3.48. The fourth-order valence-electron chi connectivity index (χ4n) is 4.05. The summed E-state index contributed by atoms with van der Waals surface area (Å²) < 4.78 is 6.54. The highest BCUT2D eigenvalue weighted by Gasteiger charge is 2.20. The molecule has 2 N–H and O–H groups in total. The van der Waals surface area contributed by atoms with Gasteiger partial charge in [0.2, 0.25) is 0 Å². The van der Waals surface area contributed by atoms with Gasteiger partial charge < -0.3 is 10.1 Å². The first-order chi connectivity index (χ1) is 17.5. The van der Waals surface area contributed by atoms with Crippen LogP contribution < -0.4 is 10.1 Å². The van der Waals surface area contributed by atoms with Crippen LogP contribution in [0.1, 0.15) is 28.4 Å². The number of hydrogen-bond acceptors (Lipinski definition) is 4. The molecule has 180 valence electrons. The molecular formula is C29H25BrN4O2. The molecule has 5 rings (SSSR count). The Morgan fingerprint density at radius 1 is 0.972 bits per heavy atom. The van der Waals surface area contributed by atoms with Crippen molar-refractivity contribution in [2.24, 2.45) is 0 Å². The molecule has 2 heterocycles. The van der Waals surface area contributed by atoms with Crippen LogP contribution in [0.4, 0.5) is 0 Å². The summed E-state index contributed by atoms with van der Waals surface area (Å²) in [5, 5.41) is 11.3. The van der Waals surface area contributed by atoms with Gasteiger partial charge in [0.05, 0.1) is 28.9 Å². The number of aromatic nitrogens is 3. The molecule has 0 aliphatic carbocycles. The van der Waals surface area contributed by atoms with Gasteiger partial charge in [0, 0.05) is 22.1 Å². The molecule has 1 amide bonds. The Bertz CT molecular complexity index is 1510. The normalized spacial score (nSPS) is 11.0. The highest BCUT2D eigenvalue weighted by molar-refractivity contribution is 9.10. The first-order valence-corrected chi connectivity index (χ1v) is 12.5. The molecule has 36 heavy (non-hydrogen) atoms. The molecule has 0 saturated heterocycles. The first kappa shape index (κ1) is 23.8. The van der Waals surface area contributed by atoms with E-state index in [2.05, 4.69) is 31.4 Å². The molecule has 3 aromatic carbocycles. The van der Waals surface area contributed by atoms with Gasteiger partial charge in [-0.15, -0.1) is 0 Å². The van der Waals surface area contributed by atoms with E-state index < -0.39 is 0 Å². The van der Waals surface area contributed by atoms with Crippen molar-refractivity contribution in [3.8, 4) is 28.3 Å². The van der Waals surface area contributed by atoms with E-state index in [1.54, 1.807) is 0 Å². The number of halogens is 1.